The fourth-order valence-electron chi connectivity index (χ4n) is 0.425. The minimum Gasteiger partial charge on any atom is -0.475 e. The summed E-state index contributed by atoms with van der Waals surface area (Å²) in [5.41, 5.74) is 5.01. The fourth-order valence-corrected chi connectivity index (χ4v) is 0.425. The van der Waals surface area contributed by atoms with E-state index in [4.69, 9.17) is 10.8 Å². The van der Waals surface area contributed by atoms with Crippen molar-refractivity contribution >= 4 is 11.8 Å². The zero-order chi connectivity index (χ0) is 7.98. The van der Waals surface area contributed by atoms with Crippen molar-refractivity contribution in [3.8, 4) is 0 Å². The van der Waals surface area contributed by atoms with Crippen LogP contribution < -0.4 is 5.73 Å². The molecule has 0 radical (unpaired) electrons. The molecule has 3 N–H and O–H groups in total. The van der Waals surface area contributed by atoms with Gasteiger partial charge in [-0.3, -0.25) is 4.99 Å². The third-order valence-electron chi connectivity index (χ3n) is 1.01. The van der Waals surface area contributed by atoms with E-state index < -0.39 is 5.97 Å². The number of hydrogen-bond acceptors (Lipinski definition) is 2. The number of carboxylic acids is 1. The molecule has 10 heavy (non-hydrogen) atoms. The Hall–Kier alpha value is -1.06. The summed E-state index contributed by atoms with van der Waals surface area (Å²) in [7, 11) is 0. The fraction of sp³-hybridized carbons (Fsp3) is 0.667. The molecule has 0 aromatic carbocycles. The van der Waals surface area contributed by atoms with Crippen LogP contribution in [0.2, 0.25) is 0 Å². The van der Waals surface area contributed by atoms with Crippen LogP contribution in [0.1, 0.15) is 19.8 Å². The second kappa shape index (κ2) is 4.78. The Bertz CT molecular complexity index is 143. The molecule has 0 saturated carbocycles. The lowest BCUT2D eigenvalue weighted by atomic mass is 10.3. The molecular formula is C6H12N2O2. The monoisotopic (exact) mass is 144 g/mol. The van der Waals surface area contributed by atoms with Crippen LogP contribution in [0.3, 0.4) is 0 Å². The third kappa shape index (κ3) is 3.88. The van der Waals surface area contributed by atoms with Crippen molar-refractivity contribution in [2.75, 3.05) is 6.54 Å². The van der Waals surface area contributed by atoms with Crippen molar-refractivity contribution in [3.05, 3.63) is 0 Å². The number of rotatable bonds is 3. The summed E-state index contributed by atoms with van der Waals surface area (Å²) >= 11 is 0. The molecule has 0 unspecified atom stereocenters. The molecule has 0 aliphatic rings. The van der Waals surface area contributed by atoms with E-state index in [1.54, 1.807) is 0 Å². The number of aliphatic carboxylic acids is 1. The molecular weight excluding hydrogens is 132 g/mol. The molecule has 0 aliphatic heterocycles. The summed E-state index contributed by atoms with van der Waals surface area (Å²) in [4.78, 5) is 13.6. The molecule has 0 saturated heterocycles. The number of nitrogens with two attached hydrogens (primary N) is 1. The number of unbranched alkanes of at least 4 members (excludes halogenated alkanes) is 1. The lowest BCUT2D eigenvalue weighted by Gasteiger charge is -1.91. The molecule has 0 spiro atoms. The number of amidine groups is 1. The summed E-state index contributed by atoms with van der Waals surface area (Å²) in [6.45, 7) is 2.51. The summed E-state index contributed by atoms with van der Waals surface area (Å²) in [6, 6.07) is 0. The maximum absolute atomic E-state index is 10.0. The first-order chi connectivity index (χ1) is 4.68. The molecule has 0 aromatic rings. The molecule has 0 rings (SSSR count). The first-order valence-corrected chi connectivity index (χ1v) is 3.21. The van der Waals surface area contributed by atoms with Crippen molar-refractivity contribution in [2.24, 2.45) is 10.7 Å². The highest BCUT2D eigenvalue weighted by molar-refractivity contribution is 6.33. The molecule has 4 nitrogen and oxygen atoms in total. The van der Waals surface area contributed by atoms with Gasteiger partial charge in [-0.1, -0.05) is 13.3 Å². The van der Waals surface area contributed by atoms with E-state index in [2.05, 4.69) is 4.99 Å². The molecule has 4 heteroatoms. The molecule has 0 bridgehead atoms. The minimum atomic E-state index is -1.14. The van der Waals surface area contributed by atoms with E-state index >= 15 is 0 Å². The van der Waals surface area contributed by atoms with Gasteiger partial charge in [-0.15, -0.1) is 0 Å². The number of nitrogens with zero attached hydrogens (tertiary/aromatic N) is 1. The van der Waals surface area contributed by atoms with Gasteiger partial charge in [0.15, 0.2) is 0 Å². The number of carboxylic acid groups (broad SMARTS) is 1. The molecule has 0 atom stereocenters. The summed E-state index contributed by atoms with van der Waals surface area (Å²) < 4.78 is 0. The van der Waals surface area contributed by atoms with Crippen LogP contribution in [0.4, 0.5) is 0 Å². The van der Waals surface area contributed by atoms with Crippen LogP contribution in [0.5, 0.6) is 0 Å². The van der Waals surface area contributed by atoms with E-state index in [0.29, 0.717) is 6.54 Å². The minimum absolute atomic E-state index is 0.298. The van der Waals surface area contributed by atoms with Crippen LogP contribution in [-0.4, -0.2) is 23.5 Å². The summed E-state index contributed by atoms with van der Waals surface area (Å²) in [6.07, 6.45) is 1.88. The van der Waals surface area contributed by atoms with Crippen LogP contribution in [-0.2, 0) is 4.79 Å². The Kier molecular flexibility index (Phi) is 4.28. The highest BCUT2D eigenvalue weighted by Gasteiger charge is 1.99. The number of carbonyl (C=O) groups is 1. The van der Waals surface area contributed by atoms with Gasteiger partial charge in [-0.2, -0.15) is 0 Å². The van der Waals surface area contributed by atoms with Gasteiger partial charge in [0.2, 0.25) is 5.84 Å². The maximum Gasteiger partial charge on any atom is 0.370 e. The molecule has 0 amide bonds. The maximum atomic E-state index is 10.0. The van der Waals surface area contributed by atoms with Crippen molar-refractivity contribution in [1.82, 2.24) is 0 Å². The van der Waals surface area contributed by atoms with Crippen molar-refractivity contribution in [1.29, 1.82) is 0 Å². The molecule has 58 valence electrons. The van der Waals surface area contributed by atoms with Crippen molar-refractivity contribution < 1.29 is 9.90 Å². The lowest BCUT2D eigenvalue weighted by molar-refractivity contribution is -0.129. The average molecular weight is 144 g/mol. The van der Waals surface area contributed by atoms with Gasteiger partial charge in [-0.25, -0.2) is 4.79 Å². The quantitative estimate of drug-likeness (QED) is 0.338. The van der Waals surface area contributed by atoms with Crippen LogP contribution in [0.15, 0.2) is 4.99 Å². The van der Waals surface area contributed by atoms with Crippen molar-refractivity contribution in [3.63, 3.8) is 0 Å². The number of hydrogen-bond donors (Lipinski definition) is 2. The first-order valence-electron chi connectivity index (χ1n) is 3.21. The number of aliphatic imine (C=N–C) groups is 1. The molecule has 0 heterocycles. The molecule has 0 aliphatic carbocycles. The van der Waals surface area contributed by atoms with E-state index in [-0.39, 0.29) is 5.84 Å². The second-order valence-electron chi connectivity index (χ2n) is 1.93. The lowest BCUT2D eigenvalue weighted by Crippen LogP contribution is -2.23. The summed E-state index contributed by atoms with van der Waals surface area (Å²) in [5, 5.41) is 8.23. The highest BCUT2D eigenvalue weighted by Crippen LogP contribution is 1.86. The smallest absolute Gasteiger partial charge is 0.370 e. The van der Waals surface area contributed by atoms with Gasteiger partial charge in [0.05, 0.1) is 0 Å². The van der Waals surface area contributed by atoms with Gasteiger partial charge in [0.25, 0.3) is 0 Å². The summed E-state index contributed by atoms with van der Waals surface area (Å²) in [5.74, 6) is -1.44. The van der Waals surface area contributed by atoms with E-state index in [9.17, 15) is 4.79 Å². The zero-order valence-electron chi connectivity index (χ0n) is 6.00. The normalized spacial score (nSPS) is 11.5. The molecule has 0 aromatic heterocycles. The molecule has 0 fully saturated rings. The Balaban J connectivity index is 3.58. The Morgan fingerprint density at radius 1 is 1.70 bits per heavy atom. The third-order valence-corrected chi connectivity index (χ3v) is 1.01. The van der Waals surface area contributed by atoms with Gasteiger partial charge in [0, 0.05) is 6.54 Å². The topological polar surface area (TPSA) is 75.7 Å². The SMILES string of the molecule is CCCCN=C(N)C(=O)O. The van der Waals surface area contributed by atoms with Gasteiger partial charge >= 0.3 is 5.97 Å². The standard InChI is InChI=1S/C6H12N2O2/c1-2-3-4-8-5(7)6(9)10/h2-4H2,1H3,(H2,7,8)(H,9,10). The zero-order valence-corrected chi connectivity index (χ0v) is 6.00. The van der Waals surface area contributed by atoms with E-state index in [1.807, 2.05) is 6.92 Å². The van der Waals surface area contributed by atoms with Gasteiger partial charge in [-0.05, 0) is 6.42 Å². The van der Waals surface area contributed by atoms with E-state index in [0.717, 1.165) is 12.8 Å². The Morgan fingerprint density at radius 3 is 2.70 bits per heavy atom. The predicted molar refractivity (Wildman–Crippen MR) is 39.0 cm³/mol. The van der Waals surface area contributed by atoms with Crippen LogP contribution in [0.25, 0.3) is 0 Å². The second-order valence-corrected chi connectivity index (χ2v) is 1.93. The Labute approximate surface area is 59.8 Å². The van der Waals surface area contributed by atoms with Crippen LogP contribution >= 0.6 is 0 Å². The van der Waals surface area contributed by atoms with Gasteiger partial charge in [0.1, 0.15) is 0 Å². The van der Waals surface area contributed by atoms with Crippen molar-refractivity contribution in [2.45, 2.75) is 19.8 Å². The Morgan fingerprint density at radius 2 is 2.30 bits per heavy atom. The predicted octanol–water partition coefficient (Wildman–Crippen LogP) is 0.228. The van der Waals surface area contributed by atoms with Crippen LogP contribution in [0, 0.1) is 0 Å². The average Bonchev–Trinajstić information content (AvgIpc) is 1.88. The largest absolute Gasteiger partial charge is 0.475 e. The first kappa shape index (κ1) is 8.94. The van der Waals surface area contributed by atoms with E-state index in [1.165, 1.54) is 0 Å². The highest BCUT2D eigenvalue weighted by atomic mass is 16.4. The van der Waals surface area contributed by atoms with Gasteiger partial charge < -0.3 is 10.8 Å².